The summed E-state index contributed by atoms with van der Waals surface area (Å²) in [6.45, 7) is 0. The van der Waals surface area contributed by atoms with Crippen molar-refractivity contribution in [1.82, 2.24) is 0 Å². The molecule has 5 heteroatoms. The van der Waals surface area contributed by atoms with Crippen LogP contribution in [0.25, 0.3) is 0 Å². The highest BCUT2D eigenvalue weighted by molar-refractivity contribution is 5.62. The van der Waals surface area contributed by atoms with E-state index in [2.05, 4.69) is 0 Å². The first-order valence-electron chi connectivity index (χ1n) is 2.91. The van der Waals surface area contributed by atoms with E-state index in [1.54, 1.807) is 5.48 Å². The SMILES string of the molecule is ONc1ccc(O)c(NO)c1. The van der Waals surface area contributed by atoms with Crippen molar-refractivity contribution in [2.75, 3.05) is 11.0 Å². The van der Waals surface area contributed by atoms with Crippen molar-refractivity contribution in [3.63, 3.8) is 0 Å². The fraction of sp³-hybridized carbons (Fsp3) is 0. The molecule has 11 heavy (non-hydrogen) atoms. The Labute approximate surface area is 62.8 Å². The monoisotopic (exact) mass is 156 g/mol. The van der Waals surface area contributed by atoms with Crippen molar-refractivity contribution in [3.05, 3.63) is 18.2 Å². The molecule has 0 fully saturated rings. The Bertz CT molecular complexity index is 252. The molecule has 0 spiro atoms. The summed E-state index contributed by atoms with van der Waals surface area (Å²) in [4.78, 5) is 0. The van der Waals surface area contributed by atoms with Crippen molar-refractivity contribution in [1.29, 1.82) is 0 Å². The van der Waals surface area contributed by atoms with E-state index in [1.807, 2.05) is 5.48 Å². The van der Waals surface area contributed by atoms with Gasteiger partial charge in [0.05, 0.1) is 5.69 Å². The molecule has 0 atom stereocenters. The lowest BCUT2D eigenvalue weighted by Crippen LogP contribution is -1.93. The van der Waals surface area contributed by atoms with Gasteiger partial charge in [0.25, 0.3) is 0 Å². The van der Waals surface area contributed by atoms with Gasteiger partial charge in [0.2, 0.25) is 0 Å². The molecular weight excluding hydrogens is 148 g/mol. The second kappa shape index (κ2) is 3.09. The second-order valence-corrected chi connectivity index (χ2v) is 1.96. The predicted molar refractivity (Wildman–Crippen MR) is 38.9 cm³/mol. The Kier molecular flexibility index (Phi) is 2.15. The molecule has 0 aliphatic rings. The van der Waals surface area contributed by atoms with Gasteiger partial charge in [-0.25, -0.2) is 0 Å². The maximum atomic E-state index is 9.00. The summed E-state index contributed by atoms with van der Waals surface area (Å²) in [5.74, 6) is -0.0912. The molecule has 5 nitrogen and oxygen atoms in total. The van der Waals surface area contributed by atoms with Gasteiger partial charge < -0.3 is 5.11 Å². The highest BCUT2D eigenvalue weighted by Crippen LogP contribution is 2.25. The summed E-state index contributed by atoms with van der Waals surface area (Å²) in [5, 5.41) is 25.8. The summed E-state index contributed by atoms with van der Waals surface area (Å²) in [6.07, 6.45) is 0. The number of phenols is 1. The Hall–Kier alpha value is -1.46. The van der Waals surface area contributed by atoms with Crippen LogP contribution in [0.1, 0.15) is 0 Å². The van der Waals surface area contributed by atoms with Crippen molar-refractivity contribution < 1.29 is 15.5 Å². The molecule has 5 N–H and O–H groups in total. The Morgan fingerprint density at radius 2 is 1.82 bits per heavy atom. The topological polar surface area (TPSA) is 84.8 Å². The number of hydrogen-bond donors (Lipinski definition) is 5. The maximum Gasteiger partial charge on any atom is 0.141 e. The van der Waals surface area contributed by atoms with Gasteiger partial charge in [-0.2, -0.15) is 0 Å². The van der Waals surface area contributed by atoms with Gasteiger partial charge in [-0.15, -0.1) is 0 Å². The molecule has 0 saturated heterocycles. The fourth-order valence-corrected chi connectivity index (χ4v) is 0.695. The minimum absolute atomic E-state index is 0.0912. The zero-order chi connectivity index (χ0) is 8.27. The average molecular weight is 156 g/mol. The van der Waals surface area contributed by atoms with Crippen molar-refractivity contribution in [3.8, 4) is 5.75 Å². The van der Waals surface area contributed by atoms with Crippen LogP contribution in [0.2, 0.25) is 0 Å². The van der Waals surface area contributed by atoms with Crippen molar-refractivity contribution in [2.24, 2.45) is 0 Å². The first kappa shape index (κ1) is 7.64. The lowest BCUT2D eigenvalue weighted by Gasteiger charge is -2.04. The highest BCUT2D eigenvalue weighted by Gasteiger charge is 1.99. The number of benzene rings is 1. The van der Waals surface area contributed by atoms with Gasteiger partial charge in [0, 0.05) is 0 Å². The van der Waals surface area contributed by atoms with E-state index in [-0.39, 0.29) is 11.4 Å². The van der Waals surface area contributed by atoms with Crippen LogP contribution < -0.4 is 11.0 Å². The third-order valence-corrected chi connectivity index (χ3v) is 1.25. The summed E-state index contributed by atoms with van der Waals surface area (Å²) in [6, 6.07) is 4.13. The average Bonchev–Trinajstić information content (AvgIpc) is 2.05. The molecule has 0 radical (unpaired) electrons. The predicted octanol–water partition coefficient (Wildman–Crippen LogP) is 0.994. The minimum atomic E-state index is -0.0912. The molecule has 0 bridgehead atoms. The molecule has 0 aliphatic carbocycles. The first-order chi connectivity index (χ1) is 5.27. The molecule has 1 aromatic carbocycles. The molecule has 60 valence electrons. The van der Waals surface area contributed by atoms with E-state index in [0.29, 0.717) is 5.69 Å². The van der Waals surface area contributed by atoms with Crippen LogP contribution >= 0.6 is 0 Å². The quantitative estimate of drug-likeness (QED) is 0.250. The molecule has 0 saturated carbocycles. The van der Waals surface area contributed by atoms with E-state index in [9.17, 15) is 0 Å². The zero-order valence-corrected chi connectivity index (χ0v) is 5.57. The van der Waals surface area contributed by atoms with Gasteiger partial charge in [-0.1, -0.05) is 0 Å². The molecule has 1 rings (SSSR count). The van der Waals surface area contributed by atoms with E-state index >= 15 is 0 Å². The zero-order valence-electron chi connectivity index (χ0n) is 5.57. The van der Waals surface area contributed by atoms with Gasteiger partial charge in [0.15, 0.2) is 0 Å². The van der Waals surface area contributed by atoms with Crippen LogP contribution in [0.5, 0.6) is 5.75 Å². The molecule has 0 aliphatic heterocycles. The Morgan fingerprint density at radius 3 is 2.36 bits per heavy atom. The largest absolute Gasteiger partial charge is 0.506 e. The van der Waals surface area contributed by atoms with Crippen molar-refractivity contribution in [2.45, 2.75) is 0 Å². The molecule has 0 unspecified atom stereocenters. The third kappa shape index (κ3) is 1.51. The number of aromatic hydroxyl groups is 1. The van der Waals surface area contributed by atoms with Gasteiger partial charge in [-0.3, -0.25) is 21.4 Å². The number of rotatable bonds is 2. The van der Waals surface area contributed by atoms with Crippen LogP contribution in [-0.2, 0) is 0 Å². The third-order valence-electron chi connectivity index (χ3n) is 1.25. The molecule has 1 aromatic rings. The maximum absolute atomic E-state index is 9.00. The lowest BCUT2D eigenvalue weighted by atomic mass is 10.2. The van der Waals surface area contributed by atoms with Crippen LogP contribution in [0, 0.1) is 0 Å². The van der Waals surface area contributed by atoms with Crippen LogP contribution in [0.15, 0.2) is 18.2 Å². The molecule has 0 aromatic heterocycles. The lowest BCUT2D eigenvalue weighted by molar-refractivity contribution is 0.379. The summed E-state index contributed by atoms with van der Waals surface area (Å²) < 4.78 is 0. The van der Waals surface area contributed by atoms with E-state index in [4.69, 9.17) is 15.5 Å². The highest BCUT2D eigenvalue weighted by atomic mass is 16.5. The smallest absolute Gasteiger partial charge is 0.141 e. The number of phenolic OH excluding ortho intramolecular Hbond substituents is 1. The number of anilines is 2. The van der Waals surface area contributed by atoms with Crippen LogP contribution in [0.3, 0.4) is 0 Å². The summed E-state index contributed by atoms with van der Waals surface area (Å²) in [5.41, 5.74) is 4.14. The van der Waals surface area contributed by atoms with E-state index < -0.39 is 0 Å². The second-order valence-electron chi connectivity index (χ2n) is 1.96. The standard InChI is InChI=1S/C6H8N2O3/c9-6-2-1-4(7-10)3-5(6)8-11/h1-3,7-11H. The van der Waals surface area contributed by atoms with Crippen LogP contribution in [-0.4, -0.2) is 15.5 Å². The van der Waals surface area contributed by atoms with Gasteiger partial charge in [-0.05, 0) is 18.2 Å². The first-order valence-corrected chi connectivity index (χ1v) is 2.91. The fourth-order valence-electron chi connectivity index (χ4n) is 0.695. The van der Waals surface area contributed by atoms with Gasteiger partial charge >= 0.3 is 0 Å². The Morgan fingerprint density at radius 1 is 1.09 bits per heavy atom. The molecule has 0 heterocycles. The Balaban J connectivity index is 3.02. The normalized spacial score (nSPS) is 9.27. The molecular formula is C6H8N2O3. The van der Waals surface area contributed by atoms with Crippen molar-refractivity contribution >= 4 is 11.4 Å². The minimum Gasteiger partial charge on any atom is -0.506 e. The molecule has 0 amide bonds. The summed E-state index contributed by atoms with van der Waals surface area (Å²) >= 11 is 0. The number of hydrogen-bond acceptors (Lipinski definition) is 5. The van der Waals surface area contributed by atoms with E-state index in [0.717, 1.165) is 0 Å². The van der Waals surface area contributed by atoms with Crippen LogP contribution in [0.4, 0.5) is 11.4 Å². The summed E-state index contributed by atoms with van der Waals surface area (Å²) in [7, 11) is 0. The number of nitrogens with one attached hydrogen (secondary N) is 2. The van der Waals surface area contributed by atoms with E-state index in [1.165, 1.54) is 18.2 Å². The van der Waals surface area contributed by atoms with Gasteiger partial charge in [0.1, 0.15) is 11.4 Å².